The topological polar surface area (TPSA) is 80.9 Å². The van der Waals surface area contributed by atoms with E-state index in [4.69, 9.17) is 5.73 Å². The van der Waals surface area contributed by atoms with E-state index in [2.05, 4.69) is 22.2 Å². The van der Waals surface area contributed by atoms with Crippen molar-refractivity contribution < 1.29 is 4.79 Å². The summed E-state index contributed by atoms with van der Waals surface area (Å²) < 4.78 is 0. The maximum atomic E-state index is 10.5. The van der Waals surface area contributed by atoms with Gasteiger partial charge in [0.15, 0.2) is 0 Å². The Balaban J connectivity index is 2.58. The molecule has 1 heterocycles. The predicted octanol–water partition coefficient (Wildman–Crippen LogP) is 0.326. The average Bonchev–Trinajstić information content (AvgIpc) is 2.16. The highest BCUT2D eigenvalue weighted by Crippen LogP contribution is 2.05. The molecule has 0 atom stereocenters. The summed E-state index contributed by atoms with van der Waals surface area (Å²) in [5, 5.41) is 2.82. The van der Waals surface area contributed by atoms with Crippen LogP contribution in [-0.2, 0) is 11.2 Å². The highest BCUT2D eigenvalue weighted by atomic mass is 16.1. The Kier molecular flexibility index (Phi) is 3.84. The Morgan fingerprint density at radius 1 is 1.57 bits per heavy atom. The number of rotatable bonds is 5. The number of carbonyl (C=O) groups is 1. The van der Waals surface area contributed by atoms with Crippen molar-refractivity contribution in [2.45, 2.75) is 19.8 Å². The molecule has 14 heavy (non-hydrogen) atoms. The van der Waals surface area contributed by atoms with E-state index in [9.17, 15) is 4.79 Å². The minimum atomic E-state index is -0.402. The van der Waals surface area contributed by atoms with E-state index >= 15 is 0 Å². The van der Waals surface area contributed by atoms with Crippen LogP contribution in [0, 0.1) is 0 Å². The lowest BCUT2D eigenvalue weighted by Gasteiger charge is -2.03. The molecule has 5 nitrogen and oxygen atoms in total. The lowest BCUT2D eigenvalue weighted by molar-refractivity contribution is -0.116. The smallest absolute Gasteiger partial charge is 0.236 e. The van der Waals surface area contributed by atoms with Crippen LogP contribution < -0.4 is 11.1 Å². The molecular formula is C9H14N4O. The first-order valence-corrected chi connectivity index (χ1v) is 4.55. The Morgan fingerprint density at radius 2 is 2.36 bits per heavy atom. The van der Waals surface area contributed by atoms with Gasteiger partial charge in [0.25, 0.3) is 0 Å². The van der Waals surface area contributed by atoms with Crippen molar-refractivity contribution in [1.82, 2.24) is 9.97 Å². The summed E-state index contributed by atoms with van der Waals surface area (Å²) in [5.74, 6) is 0.239. The second-order valence-corrected chi connectivity index (χ2v) is 2.96. The maximum Gasteiger partial charge on any atom is 0.236 e. The number of aryl methyl sites for hydroxylation is 1. The molecule has 1 aromatic heterocycles. The van der Waals surface area contributed by atoms with E-state index in [1.807, 2.05) is 6.07 Å². The Labute approximate surface area is 82.7 Å². The lowest BCUT2D eigenvalue weighted by Crippen LogP contribution is -2.22. The van der Waals surface area contributed by atoms with Gasteiger partial charge in [0.1, 0.15) is 12.1 Å². The quantitative estimate of drug-likeness (QED) is 0.707. The molecule has 0 aromatic carbocycles. The number of amides is 1. The van der Waals surface area contributed by atoms with Gasteiger partial charge in [-0.25, -0.2) is 9.97 Å². The fourth-order valence-electron chi connectivity index (χ4n) is 1.06. The van der Waals surface area contributed by atoms with Crippen molar-refractivity contribution in [1.29, 1.82) is 0 Å². The van der Waals surface area contributed by atoms with Gasteiger partial charge in [-0.1, -0.05) is 13.3 Å². The van der Waals surface area contributed by atoms with Gasteiger partial charge in [0, 0.05) is 11.8 Å². The third kappa shape index (κ3) is 3.38. The first-order valence-electron chi connectivity index (χ1n) is 4.55. The minimum Gasteiger partial charge on any atom is -0.368 e. The van der Waals surface area contributed by atoms with Gasteiger partial charge in [-0.3, -0.25) is 4.79 Å². The molecule has 0 saturated carbocycles. The molecule has 0 spiro atoms. The van der Waals surface area contributed by atoms with Crippen molar-refractivity contribution in [3.05, 3.63) is 18.1 Å². The SMILES string of the molecule is CCCc1cc(NCC(N)=O)ncn1. The summed E-state index contributed by atoms with van der Waals surface area (Å²) in [6.45, 7) is 2.18. The van der Waals surface area contributed by atoms with E-state index in [1.54, 1.807) is 0 Å². The van der Waals surface area contributed by atoms with E-state index < -0.39 is 5.91 Å². The molecule has 5 heteroatoms. The molecule has 0 aliphatic carbocycles. The number of nitrogens with zero attached hydrogens (tertiary/aromatic N) is 2. The van der Waals surface area contributed by atoms with E-state index in [1.165, 1.54) is 6.33 Å². The van der Waals surface area contributed by atoms with Crippen molar-refractivity contribution in [2.24, 2.45) is 5.73 Å². The van der Waals surface area contributed by atoms with E-state index in [-0.39, 0.29) is 6.54 Å². The number of nitrogens with two attached hydrogens (primary N) is 1. The van der Waals surface area contributed by atoms with Crippen molar-refractivity contribution in [2.75, 3.05) is 11.9 Å². The van der Waals surface area contributed by atoms with E-state index in [0.717, 1.165) is 18.5 Å². The highest BCUT2D eigenvalue weighted by Gasteiger charge is 1.98. The van der Waals surface area contributed by atoms with Crippen LogP contribution in [0.2, 0.25) is 0 Å². The number of hydrogen-bond acceptors (Lipinski definition) is 4. The zero-order valence-corrected chi connectivity index (χ0v) is 8.16. The average molecular weight is 194 g/mol. The van der Waals surface area contributed by atoms with Gasteiger partial charge in [-0.2, -0.15) is 0 Å². The zero-order valence-electron chi connectivity index (χ0n) is 8.16. The summed E-state index contributed by atoms with van der Waals surface area (Å²) in [6, 6.07) is 1.83. The van der Waals surface area contributed by atoms with Crippen LogP contribution >= 0.6 is 0 Å². The molecule has 0 aliphatic heterocycles. The number of carbonyl (C=O) groups excluding carboxylic acids is 1. The van der Waals surface area contributed by atoms with Gasteiger partial charge in [-0.15, -0.1) is 0 Å². The molecular weight excluding hydrogens is 180 g/mol. The molecule has 1 aromatic rings. The third-order valence-corrected chi connectivity index (χ3v) is 1.67. The summed E-state index contributed by atoms with van der Waals surface area (Å²) in [4.78, 5) is 18.6. The van der Waals surface area contributed by atoms with Crippen LogP contribution in [0.15, 0.2) is 12.4 Å². The lowest BCUT2D eigenvalue weighted by atomic mass is 10.2. The number of nitrogens with one attached hydrogen (secondary N) is 1. The minimum absolute atomic E-state index is 0.0998. The molecule has 0 radical (unpaired) electrons. The van der Waals surface area contributed by atoms with Crippen molar-refractivity contribution in [3.63, 3.8) is 0 Å². The van der Waals surface area contributed by atoms with Gasteiger partial charge < -0.3 is 11.1 Å². The molecule has 1 rings (SSSR count). The summed E-state index contributed by atoms with van der Waals surface area (Å²) in [7, 11) is 0. The molecule has 1 amide bonds. The standard InChI is InChI=1S/C9H14N4O/c1-2-3-7-4-9(13-6-12-7)11-5-8(10)14/h4,6H,2-3,5H2,1H3,(H2,10,14)(H,11,12,13). The second-order valence-electron chi connectivity index (χ2n) is 2.96. The molecule has 3 N–H and O–H groups in total. The van der Waals surface area contributed by atoms with E-state index in [0.29, 0.717) is 5.82 Å². The van der Waals surface area contributed by atoms with Crippen molar-refractivity contribution >= 4 is 11.7 Å². The third-order valence-electron chi connectivity index (χ3n) is 1.67. The number of aromatic nitrogens is 2. The number of primary amides is 1. The van der Waals surface area contributed by atoms with Crippen LogP contribution in [0.25, 0.3) is 0 Å². The molecule has 0 aliphatic rings. The van der Waals surface area contributed by atoms with Gasteiger partial charge >= 0.3 is 0 Å². The molecule has 0 unspecified atom stereocenters. The fourth-order valence-corrected chi connectivity index (χ4v) is 1.06. The molecule has 0 fully saturated rings. The first kappa shape index (κ1) is 10.4. The monoisotopic (exact) mass is 194 g/mol. The van der Waals surface area contributed by atoms with Gasteiger partial charge in [-0.05, 0) is 6.42 Å². The van der Waals surface area contributed by atoms with Crippen LogP contribution in [0.3, 0.4) is 0 Å². The summed E-state index contributed by atoms with van der Waals surface area (Å²) in [6.07, 6.45) is 3.42. The Morgan fingerprint density at radius 3 is 3.00 bits per heavy atom. The number of hydrogen-bond donors (Lipinski definition) is 2. The highest BCUT2D eigenvalue weighted by molar-refractivity contribution is 5.78. The normalized spacial score (nSPS) is 9.79. The first-order chi connectivity index (χ1) is 6.72. The van der Waals surface area contributed by atoms with Gasteiger partial charge in [0.2, 0.25) is 5.91 Å². The summed E-state index contributed by atoms with van der Waals surface area (Å²) >= 11 is 0. The van der Waals surface area contributed by atoms with Gasteiger partial charge in [0.05, 0.1) is 6.54 Å². The number of anilines is 1. The second kappa shape index (κ2) is 5.16. The molecule has 0 bridgehead atoms. The fraction of sp³-hybridized carbons (Fsp3) is 0.444. The predicted molar refractivity (Wildman–Crippen MR) is 53.7 cm³/mol. The van der Waals surface area contributed by atoms with Crippen LogP contribution in [-0.4, -0.2) is 22.4 Å². The molecule has 76 valence electrons. The largest absolute Gasteiger partial charge is 0.368 e. The Bertz CT molecular complexity index is 313. The van der Waals surface area contributed by atoms with Crippen molar-refractivity contribution in [3.8, 4) is 0 Å². The van der Waals surface area contributed by atoms with Crippen LogP contribution in [0.1, 0.15) is 19.0 Å². The van der Waals surface area contributed by atoms with Crippen LogP contribution in [0.4, 0.5) is 5.82 Å². The van der Waals surface area contributed by atoms with Crippen LogP contribution in [0.5, 0.6) is 0 Å². The summed E-state index contributed by atoms with van der Waals surface area (Å²) in [5.41, 5.74) is 5.96. The Hall–Kier alpha value is -1.65. The maximum absolute atomic E-state index is 10.5. The zero-order chi connectivity index (χ0) is 10.4. The molecule has 0 saturated heterocycles.